The first-order valence-electron chi connectivity index (χ1n) is 18.9. The van der Waals surface area contributed by atoms with Crippen LogP contribution in [0.3, 0.4) is 0 Å². The molecule has 2 aromatic heterocycles. The lowest BCUT2D eigenvalue weighted by atomic mass is 9.91. The maximum absolute atomic E-state index is 11.7. The van der Waals surface area contributed by atoms with Gasteiger partial charge in [-0.2, -0.15) is 0 Å². The molecule has 276 valence electrons. The summed E-state index contributed by atoms with van der Waals surface area (Å²) >= 11 is 0. The minimum atomic E-state index is 0.289. The van der Waals surface area contributed by atoms with Crippen LogP contribution in [0.1, 0.15) is 68.7 Å². The Morgan fingerprint density at radius 2 is 0.796 bits per heavy atom. The Hall–Kier alpha value is -5.70. The fraction of sp³-hybridized carbons (Fsp3) is 0.261. The van der Waals surface area contributed by atoms with Crippen molar-refractivity contribution in [2.24, 2.45) is 0 Å². The average Bonchev–Trinajstić information content (AvgIpc) is 3.19. The number of hydrogen-bond donors (Lipinski definition) is 4. The number of phenolic OH excluding ortho intramolecular Hbond substituents is 2. The molecular formula is C46H48N4O4. The van der Waals surface area contributed by atoms with Crippen molar-refractivity contribution in [3.63, 3.8) is 0 Å². The molecule has 8 nitrogen and oxygen atoms in total. The van der Waals surface area contributed by atoms with Gasteiger partial charge in [0, 0.05) is 51.2 Å². The molecule has 0 unspecified atom stereocenters. The summed E-state index contributed by atoms with van der Waals surface area (Å²) in [5, 5.41) is 30.4. The first-order chi connectivity index (χ1) is 26.6. The Balaban J connectivity index is 1.13. The van der Waals surface area contributed by atoms with Crippen LogP contribution < -0.4 is 20.1 Å². The molecule has 6 aromatic rings. The number of ether oxygens (including phenoxy) is 2. The Labute approximate surface area is 317 Å². The third-order valence-electron chi connectivity index (χ3n) is 9.84. The molecule has 1 aliphatic carbocycles. The Morgan fingerprint density at radius 1 is 0.444 bits per heavy atom. The smallest absolute Gasteiger partial charge is 0.126 e. The van der Waals surface area contributed by atoms with Crippen molar-refractivity contribution in [3.05, 3.63) is 177 Å². The van der Waals surface area contributed by atoms with Crippen molar-refractivity contribution < 1.29 is 19.7 Å². The van der Waals surface area contributed by atoms with Crippen molar-refractivity contribution in [2.75, 3.05) is 26.3 Å². The number of phenols is 2. The first kappa shape index (κ1) is 36.6. The highest BCUT2D eigenvalue weighted by atomic mass is 16.5. The summed E-state index contributed by atoms with van der Waals surface area (Å²) in [4.78, 5) is 8.78. The summed E-state index contributed by atoms with van der Waals surface area (Å²) in [5.74, 6) is 2.19. The van der Waals surface area contributed by atoms with Gasteiger partial charge in [0.2, 0.25) is 0 Å². The Kier molecular flexibility index (Phi) is 12.5. The van der Waals surface area contributed by atoms with E-state index in [1.807, 2.05) is 97.3 Å². The zero-order valence-corrected chi connectivity index (χ0v) is 30.6. The normalized spacial score (nSPS) is 12.3. The van der Waals surface area contributed by atoms with E-state index >= 15 is 0 Å². The molecule has 4 aromatic carbocycles. The molecule has 0 amide bonds. The Morgan fingerprint density at radius 3 is 1.13 bits per heavy atom. The van der Waals surface area contributed by atoms with Gasteiger partial charge in [0.05, 0.1) is 24.6 Å². The minimum absolute atomic E-state index is 0.289. The second-order valence-corrected chi connectivity index (χ2v) is 13.8. The summed E-state index contributed by atoms with van der Waals surface area (Å²) < 4.78 is 13.2. The lowest BCUT2D eigenvalue weighted by Crippen LogP contribution is -2.18. The Bertz CT molecular complexity index is 1890. The number of aromatic nitrogens is 2. The minimum Gasteiger partial charge on any atom is -0.507 e. The molecule has 0 saturated carbocycles. The van der Waals surface area contributed by atoms with Gasteiger partial charge in [0.1, 0.15) is 23.0 Å². The van der Waals surface area contributed by atoms with E-state index in [2.05, 4.69) is 44.9 Å². The van der Waals surface area contributed by atoms with Crippen LogP contribution >= 0.6 is 0 Å². The summed E-state index contributed by atoms with van der Waals surface area (Å²) in [7, 11) is 0. The van der Waals surface area contributed by atoms with E-state index in [9.17, 15) is 10.2 Å². The topological polar surface area (TPSA) is 109 Å². The van der Waals surface area contributed by atoms with Gasteiger partial charge in [-0.25, -0.2) is 0 Å². The fourth-order valence-electron chi connectivity index (χ4n) is 7.07. The zero-order chi connectivity index (χ0) is 37.0. The number of fused-ring (bicyclic) bond motifs is 8. The van der Waals surface area contributed by atoms with E-state index < -0.39 is 0 Å². The average molecular weight is 721 g/mol. The van der Waals surface area contributed by atoms with E-state index in [0.29, 0.717) is 52.0 Å². The lowest BCUT2D eigenvalue weighted by Gasteiger charge is -2.20. The number of aromatic hydroxyl groups is 2. The molecule has 2 heterocycles. The molecular weight excluding hydrogens is 673 g/mol. The zero-order valence-electron chi connectivity index (χ0n) is 30.6. The second kappa shape index (κ2) is 18.4. The van der Waals surface area contributed by atoms with Crippen LogP contribution in [0.5, 0.6) is 23.0 Å². The van der Waals surface area contributed by atoms with Crippen molar-refractivity contribution in [3.8, 4) is 23.0 Å². The van der Waals surface area contributed by atoms with Gasteiger partial charge >= 0.3 is 0 Å². The summed E-state index contributed by atoms with van der Waals surface area (Å²) in [6, 6.07) is 36.2. The van der Waals surface area contributed by atoms with Gasteiger partial charge in [-0.15, -0.1) is 0 Å². The van der Waals surface area contributed by atoms with Gasteiger partial charge in [0.25, 0.3) is 0 Å². The van der Waals surface area contributed by atoms with E-state index in [1.165, 1.54) is 0 Å². The summed E-state index contributed by atoms with van der Waals surface area (Å²) in [6.07, 6.45) is 7.24. The van der Waals surface area contributed by atoms with Crippen molar-refractivity contribution in [1.82, 2.24) is 20.6 Å². The molecule has 7 rings (SSSR count). The third-order valence-corrected chi connectivity index (χ3v) is 9.84. The molecule has 8 bridgehead atoms. The van der Waals surface area contributed by atoms with Crippen LogP contribution in [0.2, 0.25) is 0 Å². The van der Waals surface area contributed by atoms with Gasteiger partial charge in [-0.1, -0.05) is 84.9 Å². The molecule has 4 N–H and O–H groups in total. The second-order valence-electron chi connectivity index (χ2n) is 13.8. The number of nitrogens with zero attached hydrogens (tertiary/aromatic N) is 2. The van der Waals surface area contributed by atoms with Gasteiger partial charge < -0.3 is 30.3 Å². The summed E-state index contributed by atoms with van der Waals surface area (Å²) in [6.45, 7) is 4.03. The quantitative estimate of drug-likeness (QED) is 0.0848. The van der Waals surface area contributed by atoms with Crippen LogP contribution in [0.15, 0.2) is 122 Å². The van der Waals surface area contributed by atoms with Crippen LogP contribution in [-0.4, -0.2) is 46.5 Å². The van der Waals surface area contributed by atoms with Crippen molar-refractivity contribution in [2.45, 2.75) is 51.6 Å². The highest BCUT2D eigenvalue weighted by molar-refractivity contribution is 5.55. The van der Waals surface area contributed by atoms with Gasteiger partial charge in [0.15, 0.2) is 0 Å². The molecule has 54 heavy (non-hydrogen) atoms. The predicted molar refractivity (Wildman–Crippen MR) is 212 cm³/mol. The molecule has 0 spiro atoms. The van der Waals surface area contributed by atoms with E-state index in [4.69, 9.17) is 9.47 Å². The van der Waals surface area contributed by atoms with E-state index in [-0.39, 0.29) is 11.5 Å². The molecule has 8 heteroatoms. The standard InChI is InChI=1S/C46H48N4O4/c51-43-33-11-5-13-35(43)29-39-17-8-18-40(46(39)54-26-10-22-48-32-42-20-2-4-24-50-42)30-36-14-6-12-34(44(36)52)28-38-16-7-15-37(27-33)45(38)53-25-9-21-47-31-41-19-1-3-23-49-41/h1-8,11-20,23-24,47-48,51-52H,9-10,21-22,25-32H2. The van der Waals surface area contributed by atoms with Gasteiger partial charge in [-0.3, -0.25) is 9.97 Å². The highest BCUT2D eigenvalue weighted by Crippen LogP contribution is 2.38. The van der Waals surface area contributed by atoms with Crippen molar-refractivity contribution in [1.29, 1.82) is 0 Å². The first-order valence-corrected chi connectivity index (χ1v) is 18.9. The van der Waals surface area contributed by atoms with Crippen LogP contribution in [0.25, 0.3) is 0 Å². The molecule has 0 aliphatic heterocycles. The maximum atomic E-state index is 11.7. The third kappa shape index (κ3) is 9.44. The fourth-order valence-corrected chi connectivity index (χ4v) is 7.07. The van der Waals surface area contributed by atoms with Crippen molar-refractivity contribution >= 4 is 0 Å². The lowest BCUT2D eigenvalue weighted by molar-refractivity contribution is 0.302. The van der Waals surface area contributed by atoms with Crippen LogP contribution in [-0.2, 0) is 38.8 Å². The molecule has 1 aliphatic rings. The van der Waals surface area contributed by atoms with E-state index in [0.717, 1.165) is 93.3 Å². The maximum Gasteiger partial charge on any atom is 0.126 e. The molecule has 0 fully saturated rings. The highest BCUT2D eigenvalue weighted by Gasteiger charge is 2.20. The predicted octanol–water partition coefficient (Wildman–Crippen LogP) is 7.68. The van der Waals surface area contributed by atoms with Crippen LogP contribution in [0, 0.1) is 0 Å². The number of rotatable bonds is 14. The molecule has 0 radical (unpaired) electrons. The SMILES string of the molecule is Oc1c2cccc1Cc1cccc(c1OCCCNCc1ccccn1)Cc1cccc(c1O)Cc1cccc(c1OCCCNCc1ccccn1)C2. The number of para-hydroxylation sites is 4. The number of nitrogens with one attached hydrogen (secondary N) is 2. The molecule has 0 atom stereocenters. The number of benzene rings is 4. The monoisotopic (exact) mass is 720 g/mol. The summed E-state index contributed by atoms with van der Waals surface area (Å²) in [5.41, 5.74) is 9.32. The number of hydrogen-bond acceptors (Lipinski definition) is 8. The van der Waals surface area contributed by atoms with E-state index in [1.54, 1.807) is 0 Å². The van der Waals surface area contributed by atoms with Gasteiger partial charge in [-0.05, 0) is 94.7 Å². The van der Waals surface area contributed by atoms with Crippen LogP contribution in [0.4, 0.5) is 0 Å². The number of pyridine rings is 2. The molecule has 0 saturated heterocycles. The largest absolute Gasteiger partial charge is 0.507 e.